The molecule has 0 unspecified atom stereocenters. The van der Waals surface area contributed by atoms with Gasteiger partial charge in [-0.05, 0) is 31.5 Å². The van der Waals surface area contributed by atoms with Gasteiger partial charge in [0.2, 0.25) is 5.91 Å². The molecule has 0 radical (unpaired) electrons. The Hall–Kier alpha value is -1.46. The second kappa shape index (κ2) is 7.36. The minimum absolute atomic E-state index is 0.156. The van der Waals surface area contributed by atoms with Crippen molar-refractivity contribution in [2.45, 2.75) is 25.8 Å². The summed E-state index contributed by atoms with van der Waals surface area (Å²) in [4.78, 5) is 14.0. The highest BCUT2D eigenvalue weighted by atomic mass is 19.1. The summed E-state index contributed by atoms with van der Waals surface area (Å²) in [6, 6.07) is 6.80. The van der Waals surface area contributed by atoms with Crippen molar-refractivity contribution in [1.29, 1.82) is 0 Å². The van der Waals surface area contributed by atoms with Crippen molar-refractivity contribution in [1.82, 2.24) is 10.2 Å². The maximum atomic E-state index is 13.4. The minimum Gasteiger partial charge on any atom is -0.322 e. The fraction of sp³-hybridized carbons (Fsp3) is 0.533. The molecular weight excluding hydrogens is 257 g/mol. The van der Waals surface area contributed by atoms with E-state index in [0.717, 1.165) is 32.5 Å². The summed E-state index contributed by atoms with van der Waals surface area (Å²) in [6.07, 6.45) is 2.11. The predicted octanol–water partition coefficient (Wildman–Crippen LogP) is 1.84. The highest BCUT2D eigenvalue weighted by Gasteiger charge is 2.20. The standard InChI is InChI=1S/C15H22FN3O/c1-2-17-12-7-9-19(10-8-12)11-15(20)18-14-6-4-3-5-13(14)16/h3-6,12,17H,2,7-11H2,1H3,(H,18,20). The van der Waals surface area contributed by atoms with Crippen LogP contribution in [0, 0.1) is 5.82 Å². The number of halogens is 1. The summed E-state index contributed by atoms with van der Waals surface area (Å²) in [5.41, 5.74) is 0.250. The van der Waals surface area contributed by atoms with Crippen molar-refractivity contribution >= 4 is 11.6 Å². The first-order valence-electron chi connectivity index (χ1n) is 7.19. The number of carbonyl (C=O) groups excluding carboxylic acids is 1. The van der Waals surface area contributed by atoms with Crippen molar-refractivity contribution in [3.63, 3.8) is 0 Å². The number of piperidine rings is 1. The van der Waals surface area contributed by atoms with E-state index < -0.39 is 5.82 Å². The van der Waals surface area contributed by atoms with Gasteiger partial charge in [0.15, 0.2) is 0 Å². The van der Waals surface area contributed by atoms with Gasteiger partial charge in [0.25, 0.3) is 0 Å². The first kappa shape index (κ1) is 14.9. The number of hydrogen-bond donors (Lipinski definition) is 2. The van der Waals surface area contributed by atoms with Gasteiger partial charge in [-0.2, -0.15) is 0 Å². The molecule has 1 aliphatic rings. The first-order chi connectivity index (χ1) is 9.69. The van der Waals surface area contributed by atoms with Gasteiger partial charge in [-0.1, -0.05) is 19.1 Å². The lowest BCUT2D eigenvalue weighted by atomic mass is 10.1. The number of likely N-dealkylation sites (tertiary alicyclic amines) is 1. The number of para-hydroxylation sites is 1. The molecule has 0 aliphatic carbocycles. The van der Waals surface area contributed by atoms with E-state index in [0.29, 0.717) is 12.6 Å². The highest BCUT2D eigenvalue weighted by Crippen LogP contribution is 2.13. The van der Waals surface area contributed by atoms with Gasteiger partial charge >= 0.3 is 0 Å². The van der Waals surface area contributed by atoms with Gasteiger partial charge in [-0.15, -0.1) is 0 Å². The Morgan fingerprint density at radius 2 is 2.05 bits per heavy atom. The molecule has 1 aromatic carbocycles. The van der Waals surface area contributed by atoms with Gasteiger partial charge in [0, 0.05) is 19.1 Å². The van der Waals surface area contributed by atoms with Crippen molar-refractivity contribution in [2.24, 2.45) is 0 Å². The number of nitrogens with zero attached hydrogens (tertiary/aromatic N) is 1. The number of rotatable bonds is 5. The normalized spacial score (nSPS) is 17.1. The molecule has 1 aromatic rings. The zero-order valence-electron chi connectivity index (χ0n) is 11.9. The van der Waals surface area contributed by atoms with E-state index in [-0.39, 0.29) is 11.6 Å². The average molecular weight is 279 g/mol. The lowest BCUT2D eigenvalue weighted by molar-refractivity contribution is -0.117. The summed E-state index contributed by atoms with van der Waals surface area (Å²) < 4.78 is 13.4. The van der Waals surface area contributed by atoms with E-state index in [2.05, 4.69) is 22.5 Å². The monoisotopic (exact) mass is 279 g/mol. The fourth-order valence-electron chi connectivity index (χ4n) is 2.54. The second-order valence-corrected chi connectivity index (χ2v) is 5.14. The van der Waals surface area contributed by atoms with Crippen LogP contribution in [0.4, 0.5) is 10.1 Å². The molecule has 0 bridgehead atoms. The maximum absolute atomic E-state index is 13.4. The molecule has 5 heteroatoms. The molecule has 0 spiro atoms. The first-order valence-corrected chi connectivity index (χ1v) is 7.19. The molecule has 1 aliphatic heterocycles. The van der Waals surface area contributed by atoms with Crippen LogP contribution in [-0.4, -0.2) is 43.0 Å². The molecule has 20 heavy (non-hydrogen) atoms. The highest BCUT2D eigenvalue weighted by molar-refractivity contribution is 5.92. The van der Waals surface area contributed by atoms with Crippen molar-refractivity contribution in [2.75, 3.05) is 31.5 Å². The number of amides is 1. The van der Waals surface area contributed by atoms with Crippen LogP contribution in [0.15, 0.2) is 24.3 Å². The third-order valence-corrected chi connectivity index (χ3v) is 3.60. The van der Waals surface area contributed by atoms with E-state index in [1.54, 1.807) is 18.2 Å². The average Bonchev–Trinajstić information content (AvgIpc) is 2.44. The topological polar surface area (TPSA) is 44.4 Å². The number of hydrogen-bond acceptors (Lipinski definition) is 3. The van der Waals surface area contributed by atoms with Crippen LogP contribution in [0.2, 0.25) is 0 Å². The Kier molecular flexibility index (Phi) is 5.49. The number of benzene rings is 1. The zero-order valence-corrected chi connectivity index (χ0v) is 11.9. The summed E-state index contributed by atoms with van der Waals surface area (Å²) in [5.74, 6) is -0.552. The molecule has 4 nitrogen and oxygen atoms in total. The van der Waals surface area contributed by atoms with E-state index in [9.17, 15) is 9.18 Å². The summed E-state index contributed by atoms with van der Waals surface area (Å²) >= 11 is 0. The Morgan fingerprint density at radius 1 is 1.35 bits per heavy atom. The van der Waals surface area contributed by atoms with Gasteiger partial charge in [-0.3, -0.25) is 9.69 Å². The largest absolute Gasteiger partial charge is 0.322 e. The summed E-state index contributed by atoms with van der Waals surface area (Å²) in [7, 11) is 0. The Morgan fingerprint density at radius 3 is 2.70 bits per heavy atom. The molecule has 0 saturated carbocycles. The Balaban J connectivity index is 1.77. The van der Waals surface area contributed by atoms with Crippen LogP contribution >= 0.6 is 0 Å². The molecule has 1 amide bonds. The molecule has 110 valence electrons. The number of carbonyl (C=O) groups is 1. The van der Waals surface area contributed by atoms with Crippen LogP contribution in [0.5, 0.6) is 0 Å². The van der Waals surface area contributed by atoms with Gasteiger partial charge in [0.05, 0.1) is 12.2 Å². The molecule has 1 heterocycles. The molecule has 0 aromatic heterocycles. The third-order valence-electron chi connectivity index (χ3n) is 3.60. The Bertz CT molecular complexity index is 444. The minimum atomic E-state index is -0.397. The van der Waals surface area contributed by atoms with E-state index in [4.69, 9.17) is 0 Å². The van der Waals surface area contributed by atoms with Crippen molar-refractivity contribution < 1.29 is 9.18 Å². The molecule has 2 rings (SSSR count). The van der Waals surface area contributed by atoms with Gasteiger partial charge in [-0.25, -0.2) is 4.39 Å². The van der Waals surface area contributed by atoms with Crippen molar-refractivity contribution in [3.8, 4) is 0 Å². The molecular formula is C15H22FN3O. The molecule has 1 saturated heterocycles. The lowest BCUT2D eigenvalue weighted by Crippen LogP contribution is -2.45. The van der Waals surface area contributed by atoms with Gasteiger partial charge in [0.1, 0.15) is 5.82 Å². The number of anilines is 1. The number of nitrogens with one attached hydrogen (secondary N) is 2. The van der Waals surface area contributed by atoms with Crippen LogP contribution in [0.3, 0.4) is 0 Å². The van der Waals surface area contributed by atoms with Crippen LogP contribution in [0.25, 0.3) is 0 Å². The molecule has 2 N–H and O–H groups in total. The summed E-state index contributed by atoms with van der Waals surface area (Å²) in [5, 5.41) is 6.05. The van der Waals surface area contributed by atoms with Crippen molar-refractivity contribution in [3.05, 3.63) is 30.1 Å². The maximum Gasteiger partial charge on any atom is 0.238 e. The van der Waals surface area contributed by atoms with E-state index in [1.807, 2.05) is 0 Å². The van der Waals surface area contributed by atoms with Crippen LogP contribution < -0.4 is 10.6 Å². The smallest absolute Gasteiger partial charge is 0.238 e. The SMILES string of the molecule is CCNC1CCN(CC(=O)Nc2ccccc2F)CC1. The quantitative estimate of drug-likeness (QED) is 0.864. The van der Waals surface area contributed by atoms with Gasteiger partial charge < -0.3 is 10.6 Å². The lowest BCUT2D eigenvalue weighted by Gasteiger charge is -2.31. The molecule has 1 fully saturated rings. The third kappa shape index (κ3) is 4.28. The summed E-state index contributed by atoms with van der Waals surface area (Å²) in [6.45, 7) is 5.23. The Labute approximate surface area is 119 Å². The van der Waals surface area contributed by atoms with E-state index >= 15 is 0 Å². The second-order valence-electron chi connectivity index (χ2n) is 5.14. The fourth-order valence-corrected chi connectivity index (χ4v) is 2.54. The van der Waals surface area contributed by atoms with Crippen LogP contribution in [-0.2, 0) is 4.79 Å². The molecule has 0 atom stereocenters. The zero-order chi connectivity index (χ0) is 14.4. The van der Waals surface area contributed by atoms with Crippen LogP contribution in [0.1, 0.15) is 19.8 Å². The predicted molar refractivity (Wildman–Crippen MR) is 78.2 cm³/mol. The van der Waals surface area contributed by atoms with E-state index in [1.165, 1.54) is 6.07 Å².